The summed E-state index contributed by atoms with van der Waals surface area (Å²) in [5, 5.41) is 6.64. The summed E-state index contributed by atoms with van der Waals surface area (Å²) in [5.74, 6) is 0.854. The SMILES string of the molecule is CN=C(NCCCCCCCN(C)C)NCC(C)(C)OC. The maximum atomic E-state index is 5.38. The van der Waals surface area contributed by atoms with Crippen LogP contribution < -0.4 is 10.6 Å². The van der Waals surface area contributed by atoms with Crippen molar-refractivity contribution in [3.63, 3.8) is 0 Å². The van der Waals surface area contributed by atoms with Gasteiger partial charge in [0.15, 0.2) is 5.96 Å². The lowest BCUT2D eigenvalue weighted by atomic mass is 10.1. The van der Waals surface area contributed by atoms with Gasteiger partial charge in [0.2, 0.25) is 0 Å². The highest BCUT2D eigenvalue weighted by Crippen LogP contribution is 2.04. The van der Waals surface area contributed by atoms with Crippen LogP contribution in [0, 0.1) is 0 Å². The molecule has 0 aromatic rings. The first kappa shape index (κ1) is 20.2. The standard InChI is InChI=1S/C16H36N4O/c1-16(2,21-6)14-19-15(17-3)18-12-10-8-7-9-11-13-20(4)5/h7-14H2,1-6H3,(H2,17,18,19). The molecule has 2 N–H and O–H groups in total. The van der Waals surface area contributed by atoms with E-state index in [1.54, 1.807) is 14.2 Å². The lowest BCUT2D eigenvalue weighted by Gasteiger charge is -2.24. The van der Waals surface area contributed by atoms with E-state index < -0.39 is 0 Å². The largest absolute Gasteiger partial charge is 0.377 e. The van der Waals surface area contributed by atoms with Gasteiger partial charge in [0.25, 0.3) is 0 Å². The van der Waals surface area contributed by atoms with E-state index in [0.717, 1.165) is 19.0 Å². The van der Waals surface area contributed by atoms with Gasteiger partial charge in [-0.25, -0.2) is 0 Å². The summed E-state index contributed by atoms with van der Waals surface area (Å²) in [5.41, 5.74) is -0.177. The lowest BCUT2D eigenvalue weighted by Crippen LogP contribution is -2.45. The first-order valence-electron chi connectivity index (χ1n) is 8.05. The molecular weight excluding hydrogens is 264 g/mol. The number of hydrogen-bond donors (Lipinski definition) is 2. The molecule has 0 saturated carbocycles. The van der Waals surface area contributed by atoms with Gasteiger partial charge in [-0.1, -0.05) is 19.3 Å². The minimum absolute atomic E-state index is 0.177. The maximum absolute atomic E-state index is 5.38. The van der Waals surface area contributed by atoms with Crippen LogP contribution in [0.25, 0.3) is 0 Å². The molecule has 0 radical (unpaired) electrons. The fourth-order valence-corrected chi connectivity index (χ4v) is 1.88. The fraction of sp³-hybridized carbons (Fsp3) is 0.938. The summed E-state index contributed by atoms with van der Waals surface area (Å²) in [6, 6.07) is 0. The van der Waals surface area contributed by atoms with Crippen LogP contribution in [0.2, 0.25) is 0 Å². The number of guanidine groups is 1. The number of nitrogens with one attached hydrogen (secondary N) is 2. The number of unbranched alkanes of at least 4 members (excludes halogenated alkanes) is 4. The van der Waals surface area contributed by atoms with Gasteiger partial charge in [0, 0.05) is 27.2 Å². The van der Waals surface area contributed by atoms with E-state index >= 15 is 0 Å². The summed E-state index contributed by atoms with van der Waals surface area (Å²) in [4.78, 5) is 6.47. The van der Waals surface area contributed by atoms with Crippen LogP contribution in [0.3, 0.4) is 0 Å². The van der Waals surface area contributed by atoms with Gasteiger partial charge < -0.3 is 20.3 Å². The average Bonchev–Trinajstić information content (AvgIpc) is 2.44. The maximum Gasteiger partial charge on any atom is 0.191 e. The van der Waals surface area contributed by atoms with Crippen molar-refractivity contribution in [2.75, 3.05) is 47.9 Å². The molecule has 126 valence electrons. The van der Waals surface area contributed by atoms with E-state index in [1.165, 1.54) is 38.6 Å². The predicted octanol–water partition coefficient (Wildman–Crippen LogP) is 2.09. The zero-order chi connectivity index (χ0) is 16.1. The third kappa shape index (κ3) is 12.6. The quantitative estimate of drug-likeness (QED) is 0.348. The number of rotatable bonds is 11. The Bertz CT molecular complexity index is 277. The Kier molecular flexibility index (Phi) is 11.4. The smallest absolute Gasteiger partial charge is 0.191 e. The Labute approximate surface area is 131 Å². The number of aliphatic imine (C=N–C) groups is 1. The Hall–Kier alpha value is -0.810. The van der Waals surface area contributed by atoms with Crippen LogP contribution in [0.4, 0.5) is 0 Å². The van der Waals surface area contributed by atoms with E-state index in [9.17, 15) is 0 Å². The molecule has 0 unspecified atom stereocenters. The summed E-state index contributed by atoms with van der Waals surface area (Å²) < 4.78 is 5.38. The molecule has 0 aliphatic rings. The van der Waals surface area contributed by atoms with Crippen LogP contribution in [0.1, 0.15) is 46.0 Å². The zero-order valence-corrected chi connectivity index (χ0v) is 15.0. The van der Waals surface area contributed by atoms with Crippen LogP contribution in [-0.4, -0.2) is 64.3 Å². The van der Waals surface area contributed by atoms with Gasteiger partial charge in [0.1, 0.15) is 0 Å². The molecule has 5 nitrogen and oxygen atoms in total. The normalized spacial score (nSPS) is 12.8. The molecule has 0 amide bonds. The zero-order valence-electron chi connectivity index (χ0n) is 15.0. The summed E-state index contributed by atoms with van der Waals surface area (Å²) in [6.07, 6.45) is 6.42. The van der Waals surface area contributed by atoms with Crippen molar-refractivity contribution in [3.05, 3.63) is 0 Å². The van der Waals surface area contributed by atoms with Crippen molar-refractivity contribution in [1.29, 1.82) is 0 Å². The van der Waals surface area contributed by atoms with Crippen molar-refractivity contribution in [2.24, 2.45) is 4.99 Å². The molecule has 0 bridgehead atoms. The Morgan fingerprint density at radius 1 is 1.05 bits per heavy atom. The predicted molar refractivity (Wildman–Crippen MR) is 92.1 cm³/mol. The summed E-state index contributed by atoms with van der Waals surface area (Å²) in [6.45, 7) is 7.03. The van der Waals surface area contributed by atoms with E-state index in [4.69, 9.17) is 4.74 Å². The molecule has 0 spiro atoms. The Balaban J connectivity index is 3.56. The highest BCUT2D eigenvalue weighted by molar-refractivity contribution is 5.79. The number of ether oxygens (including phenoxy) is 1. The summed E-state index contributed by atoms with van der Waals surface area (Å²) in [7, 11) is 7.80. The summed E-state index contributed by atoms with van der Waals surface area (Å²) >= 11 is 0. The Morgan fingerprint density at radius 3 is 2.24 bits per heavy atom. The highest BCUT2D eigenvalue weighted by Gasteiger charge is 2.16. The van der Waals surface area contributed by atoms with E-state index in [2.05, 4.69) is 48.5 Å². The van der Waals surface area contributed by atoms with Gasteiger partial charge in [-0.2, -0.15) is 0 Å². The lowest BCUT2D eigenvalue weighted by molar-refractivity contribution is 0.0268. The van der Waals surface area contributed by atoms with Crippen LogP contribution in [-0.2, 0) is 4.74 Å². The van der Waals surface area contributed by atoms with Gasteiger partial charge in [-0.3, -0.25) is 4.99 Å². The van der Waals surface area contributed by atoms with E-state index in [0.29, 0.717) is 0 Å². The minimum atomic E-state index is -0.177. The van der Waals surface area contributed by atoms with E-state index in [1.807, 2.05) is 0 Å². The van der Waals surface area contributed by atoms with Crippen molar-refractivity contribution in [2.45, 2.75) is 51.6 Å². The van der Waals surface area contributed by atoms with Crippen molar-refractivity contribution < 1.29 is 4.74 Å². The number of hydrogen-bond acceptors (Lipinski definition) is 3. The topological polar surface area (TPSA) is 48.9 Å². The monoisotopic (exact) mass is 300 g/mol. The van der Waals surface area contributed by atoms with E-state index in [-0.39, 0.29) is 5.60 Å². The van der Waals surface area contributed by atoms with Gasteiger partial charge >= 0.3 is 0 Å². The van der Waals surface area contributed by atoms with Crippen molar-refractivity contribution >= 4 is 5.96 Å². The molecule has 0 aromatic carbocycles. The van der Waals surface area contributed by atoms with Gasteiger partial charge in [-0.15, -0.1) is 0 Å². The molecule has 0 rings (SSSR count). The molecule has 0 heterocycles. The molecule has 21 heavy (non-hydrogen) atoms. The van der Waals surface area contributed by atoms with Crippen molar-refractivity contribution in [3.8, 4) is 0 Å². The number of nitrogens with zero attached hydrogens (tertiary/aromatic N) is 2. The minimum Gasteiger partial charge on any atom is -0.377 e. The van der Waals surface area contributed by atoms with Crippen LogP contribution >= 0.6 is 0 Å². The Morgan fingerprint density at radius 2 is 1.67 bits per heavy atom. The second-order valence-corrected chi connectivity index (χ2v) is 6.39. The first-order chi connectivity index (χ1) is 9.91. The first-order valence-corrected chi connectivity index (χ1v) is 8.05. The molecule has 0 aliphatic carbocycles. The van der Waals surface area contributed by atoms with Gasteiger partial charge in [-0.05, 0) is 47.3 Å². The molecule has 0 aliphatic heterocycles. The molecule has 0 atom stereocenters. The second-order valence-electron chi connectivity index (χ2n) is 6.39. The molecule has 5 heteroatoms. The van der Waals surface area contributed by atoms with Crippen LogP contribution in [0.15, 0.2) is 4.99 Å². The average molecular weight is 300 g/mol. The van der Waals surface area contributed by atoms with Crippen LogP contribution in [0.5, 0.6) is 0 Å². The molecule has 0 aromatic heterocycles. The second kappa shape index (κ2) is 11.8. The third-order valence-electron chi connectivity index (χ3n) is 3.53. The van der Waals surface area contributed by atoms with Gasteiger partial charge in [0.05, 0.1) is 5.60 Å². The number of methoxy groups -OCH3 is 1. The molecular formula is C16H36N4O. The fourth-order valence-electron chi connectivity index (χ4n) is 1.88. The highest BCUT2D eigenvalue weighted by atomic mass is 16.5. The van der Waals surface area contributed by atoms with Crippen molar-refractivity contribution in [1.82, 2.24) is 15.5 Å². The third-order valence-corrected chi connectivity index (χ3v) is 3.53. The molecule has 0 fully saturated rings. The molecule has 0 saturated heterocycles.